The third-order valence-electron chi connectivity index (χ3n) is 4.15. The zero-order chi connectivity index (χ0) is 18.2. The standard InChI is InChI=1S/C22H23NO3/c1-25-19-14-12-18(13-15-19)23-22(17-8-4-2-5-9-17)21(16-24)26-20-10-6-3-7-11-20/h2-15,21-24H,16H2,1H3/t21-,22-/m1/s1. The average molecular weight is 349 g/mol. The van der Waals surface area contributed by atoms with Crippen molar-refractivity contribution in [3.05, 3.63) is 90.5 Å². The molecular formula is C22H23NO3. The first kappa shape index (κ1) is 17.8. The second-order valence-corrected chi connectivity index (χ2v) is 5.91. The summed E-state index contributed by atoms with van der Waals surface area (Å²) in [4.78, 5) is 0. The van der Waals surface area contributed by atoms with Crippen molar-refractivity contribution in [2.75, 3.05) is 19.0 Å². The van der Waals surface area contributed by atoms with Crippen LogP contribution >= 0.6 is 0 Å². The van der Waals surface area contributed by atoms with Crippen LogP contribution < -0.4 is 14.8 Å². The third kappa shape index (κ3) is 4.55. The van der Waals surface area contributed by atoms with E-state index in [4.69, 9.17) is 9.47 Å². The van der Waals surface area contributed by atoms with E-state index in [1.54, 1.807) is 7.11 Å². The first-order valence-corrected chi connectivity index (χ1v) is 8.58. The van der Waals surface area contributed by atoms with Gasteiger partial charge in [-0.2, -0.15) is 0 Å². The predicted octanol–water partition coefficient (Wildman–Crippen LogP) is 4.29. The summed E-state index contributed by atoms with van der Waals surface area (Å²) in [5.41, 5.74) is 1.97. The van der Waals surface area contributed by atoms with Gasteiger partial charge in [-0.05, 0) is 42.0 Å². The van der Waals surface area contributed by atoms with Crippen LogP contribution in [0.4, 0.5) is 5.69 Å². The third-order valence-corrected chi connectivity index (χ3v) is 4.15. The van der Waals surface area contributed by atoms with E-state index in [2.05, 4.69) is 5.32 Å². The lowest BCUT2D eigenvalue weighted by molar-refractivity contribution is 0.0997. The van der Waals surface area contributed by atoms with Crippen LogP contribution in [0.2, 0.25) is 0 Å². The number of hydrogen-bond donors (Lipinski definition) is 2. The molecule has 0 aliphatic rings. The van der Waals surface area contributed by atoms with E-state index in [1.165, 1.54) is 0 Å². The Hall–Kier alpha value is -2.98. The fourth-order valence-corrected chi connectivity index (χ4v) is 2.80. The molecule has 2 N–H and O–H groups in total. The highest BCUT2D eigenvalue weighted by Crippen LogP contribution is 2.27. The molecule has 3 aromatic rings. The number of anilines is 1. The summed E-state index contributed by atoms with van der Waals surface area (Å²) in [5, 5.41) is 13.5. The maximum Gasteiger partial charge on any atom is 0.146 e. The Labute approximate surface area is 154 Å². The van der Waals surface area contributed by atoms with Crippen molar-refractivity contribution >= 4 is 5.69 Å². The minimum atomic E-state index is -0.443. The van der Waals surface area contributed by atoms with Crippen molar-refractivity contribution < 1.29 is 14.6 Å². The fourth-order valence-electron chi connectivity index (χ4n) is 2.80. The quantitative estimate of drug-likeness (QED) is 0.637. The van der Waals surface area contributed by atoms with Crippen LogP contribution in [-0.2, 0) is 0 Å². The van der Waals surface area contributed by atoms with Crippen LogP contribution in [0.5, 0.6) is 11.5 Å². The molecule has 26 heavy (non-hydrogen) atoms. The van der Waals surface area contributed by atoms with Gasteiger partial charge in [0.1, 0.15) is 17.6 Å². The van der Waals surface area contributed by atoms with Gasteiger partial charge < -0.3 is 19.9 Å². The molecule has 0 amide bonds. The number of hydrogen-bond acceptors (Lipinski definition) is 4. The lowest BCUT2D eigenvalue weighted by atomic mass is 10.0. The number of nitrogens with one attached hydrogen (secondary N) is 1. The summed E-state index contributed by atoms with van der Waals surface area (Å²) in [5.74, 6) is 1.52. The van der Waals surface area contributed by atoms with Gasteiger partial charge in [0.15, 0.2) is 0 Å². The normalized spacial score (nSPS) is 12.8. The molecule has 3 rings (SSSR count). The van der Waals surface area contributed by atoms with Gasteiger partial charge in [-0.25, -0.2) is 0 Å². The summed E-state index contributed by atoms with van der Waals surface area (Å²) in [7, 11) is 1.64. The van der Waals surface area contributed by atoms with E-state index in [1.807, 2.05) is 84.9 Å². The van der Waals surface area contributed by atoms with Gasteiger partial charge in [0.05, 0.1) is 19.8 Å². The molecule has 3 aromatic carbocycles. The number of benzene rings is 3. The highest BCUT2D eigenvalue weighted by Gasteiger charge is 2.24. The van der Waals surface area contributed by atoms with Gasteiger partial charge in [0.25, 0.3) is 0 Å². The Bertz CT molecular complexity index is 776. The second-order valence-electron chi connectivity index (χ2n) is 5.91. The van der Waals surface area contributed by atoms with Crippen molar-refractivity contribution in [1.29, 1.82) is 0 Å². The molecule has 0 aromatic heterocycles. The van der Waals surface area contributed by atoms with Gasteiger partial charge in [-0.1, -0.05) is 48.5 Å². The van der Waals surface area contributed by atoms with Crippen LogP contribution in [0, 0.1) is 0 Å². The van der Waals surface area contributed by atoms with Gasteiger partial charge in [-0.3, -0.25) is 0 Å². The van der Waals surface area contributed by atoms with Crippen molar-refractivity contribution in [2.45, 2.75) is 12.1 Å². The SMILES string of the molecule is COc1ccc(N[C@H](c2ccccc2)[C@@H](CO)Oc2ccccc2)cc1. The number of rotatable bonds is 8. The summed E-state index contributed by atoms with van der Waals surface area (Å²) < 4.78 is 11.3. The topological polar surface area (TPSA) is 50.7 Å². The molecule has 0 heterocycles. The van der Waals surface area contributed by atoms with E-state index in [0.717, 1.165) is 22.7 Å². The summed E-state index contributed by atoms with van der Waals surface area (Å²) in [6.45, 7) is -0.113. The van der Waals surface area contributed by atoms with Crippen LogP contribution in [0.3, 0.4) is 0 Å². The Kier molecular flexibility index (Phi) is 6.12. The van der Waals surface area contributed by atoms with Crippen molar-refractivity contribution in [3.63, 3.8) is 0 Å². The number of methoxy groups -OCH3 is 1. The largest absolute Gasteiger partial charge is 0.497 e. The minimum Gasteiger partial charge on any atom is -0.497 e. The smallest absolute Gasteiger partial charge is 0.146 e. The second kappa shape index (κ2) is 8.92. The average Bonchev–Trinajstić information content (AvgIpc) is 2.72. The van der Waals surface area contributed by atoms with E-state index in [-0.39, 0.29) is 12.6 Å². The van der Waals surface area contributed by atoms with Gasteiger partial charge in [0, 0.05) is 5.69 Å². The molecule has 4 heteroatoms. The van der Waals surface area contributed by atoms with Crippen molar-refractivity contribution in [3.8, 4) is 11.5 Å². The number of para-hydroxylation sites is 1. The van der Waals surface area contributed by atoms with Crippen LogP contribution in [0.1, 0.15) is 11.6 Å². The molecule has 0 unspecified atom stereocenters. The van der Waals surface area contributed by atoms with Crippen molar-refractivity contribution in [1.82, 2.24) is 0 Å². The molecule has 2 atom stereocenters. The van der Waals surface area contributed by atoms with Gasteiger partial charge in [0.2, 0.25) is 0 Å². The molecule has 0 aliphatic heterocycles. The number of ether oxygens (including phenoxy) is 2. The molecule has 0 radical (unpaired) electrons. The highest BCUT2D eigenvalue weighted by molar-refractivity contribution is 5.48. The van der Waals surface area contributed by atoms with Crippen molar-refractivity contribution in [2.24, 2.45) is 0 Å². The van der Waals surface area contributed by atoms with E-state index < -0.39 is 6.10 Å². The maximum absolute atomic E-state index is 9.99. The summed E-state index contributed by atoms with van der Waals surface area (Å²) in [6.07, 6.45) is -0.443. The lowest BCUT2D eigenvalue weighted by Gasteiger charge is -2.29. The molecule has 0 saturated carbocycles. The Balaban J connectivity index is 1.86. The van der Waals surface area contributed by atoms with Crippen LogP contribution in [-0.4, -0.2) is 24.9 Å². The Morgan fingerprint density at radius 2 is 1.42 bits per heavy atom. The minimum absolute atomic E-state index is 0.113. The van der Waals surface area contributed by atoms with Crippen LogP contribution in [0.15, 0.2) is 84.9 Å². The summed E-state index contributed by atoms with van der Waals surface area (Å²) in [6, 6.07) is 27.0. The molecule has 0 spiro atoms. The van der Waals surface area contributed by atoms with E-state index >= 15 is 0 Å². The molecule has 4 nitrogen and oxygen atoms in total. The predicted molar refractivity (Wildman–Crippen MR) is 104 cm³/mol. The number of aliphatic hydroxyl groups is 1. The first-order valence-electron chi connectivity index (χ1n) is 8.58. The monoisotopic (exact) mass is 349 g/mol. The van der Waals surface area contributed by atoms with E-state index in [9.17, 15) is 5.11 Å². The molecular weight excluding hydrogens is 326 g/mol. The van der Waals surface area contributed by atoms with Gasteiger partial charge in [-0.15, -0.1) is 0 Å². The number of aliphatic hydroxyl groups excluding tert-OH is 1. The summed E-state index contributed by atoms with van der Waals surface area (Å²) >= 11 is 0. The Morgan fingerprint density at radius 3 is 2.00 bits per heavy atom. The van der Waals surface area contributed by atoms with Crippen LogP contribution in [0.25, 0.3) is 0 Å². The first-order chi connectivity index (χ1) is 12.8. The fraction of sp³-hybridized carbons (Fsp3) is 0.182. The molecule has 0 aliphatic carbocycles. The lowest BCUT2D eigenvalue weighted by Crippen LogP contribution is -2.34. The zero-order valence-corrected chi connectivity index (χ0v) is 14.7. The molecule has 0 fully saturated rings. The molecule has 0 saturated heterocycles. The molecule has 0 bridgehead atoms. The maximum atomic E-state index is 9.99. The zero-order valence-electron chi connectivity index (χ0n) is 14.7. The molecule has 134 valence electrons. The Morgan fingerprint density at radius 1 is 0.808 bits per heavy atom. The van der Waals surface area contributed by atoms with E-state index in [0.29, 0.717) is 0 Å². The highest BCUT2D eigenvalue weighted by atomic mass is 16.5. The van der Waals surface area contributed by atoms with Gasteiger partial charge >= 0.3 is 0 Å².